The number of fused-ring (bicyclic) bond motifs is 1. The molecule has 3 aromatic carbocycles. The number of benzene rings is 3. The van der Waals surface area contributed by atoms with Gasteiger partial charge in [-0.05, 0) is 62.2 Å². The zero-order valence-electron chi connectivity index (χ0n) is 25.5. The molecule has 4 heterocycles. The van der Waals surface area contributed by atoms with E-state index in [1.54, 1.807) is 36.4 Å². The fraction of sp³-hybridized carbons (Fsp3) is 0.226. The predicted octanol–water partition coefficient (Wildman–Crippen LogP) is 3.35. The summed E-state index contributed by atoms with van der Waals surface area (Å²) in [6.45, 7) is 1.67. The van der Waals surface area contributed by atoms with Crippen molar-refractivity contribution in [1.29, 1.82) is 0 Å². The van der Waals surface area contributed by atoms with Crippen molar-refractivity contribution in [3.63, 3.8) is 0 Å². The SMILES string of the molecule is Cc1ccc(-c2cc(C(F)(F)F)nn2-c2ccc(S(=O)(=O)NC(=O)C3CCCN3n3on3OCN3C(=O)c4ccccc4C3=O)cc2)cc1. The third-order valence-electron chi connectivity index (χ3n) is 8.15. The molecule has 3 amide bonds. The van der Waals surface area contributed by atoms with Crippen LogP contribution in [0.15, 0.2) is 88.4 Å². The van der Waals surface area contributed by atoms with Gasteiger partial charge < -0.3 is 4.84 Å². The van der Waals surface area contributed by atoms with Gasteiger partial charge >= 0.3 is 6.18 Å². The van der Waals surface area contributed by atoms with Crippen molar-refractivity contribution >= 4 is 27.7 Å². The third-order valence-corrected chi connectivity index (χ3v) is 9.52. The van der Waals surface area contributed by atoms with Crippen LogP contribution in [0, 0.1) is 6.92 Å². The van der Waals surface area contributed by atoms with Crippen LogP contribution < -0.4 is 14.6 Å². The first kappa shape index (κ1) is 31.8. The highest BCUT2D eigenvalue weighted by atomic mass is 32.2. The van der Waals surface area contributed by atoms with Crippen LogP contribution >= 0.6 is 0 Å². The van der Waals surface area contributed by atoms with Crippen LogP contribution in [-0.4, -0.2) is 70.1 Å². The number of halogens is 3. The second kappa shape index (κ2) is 11.7. The molecule has 0 bridgehead atoms. The number of rotatable bonds is 9. The normalized spacial score (nSPS) is 16.4. The second-order valence-corrected chi connectivity index (χ2v) is 13.1. The summed E-state index contributed by atoms with van der Waals surface area (Å²) >= 11 is 0. The summed E-state index contributed by atoms with van der Waals surface area (Å²) in [6, 6.07) is 18.0. The zero-order valence-corrected chi connectivity index (χ0v) is 26.3. The Kier molecular flexibility index (Phi) is 7.61. The molecule has 2 aromatic heterocycles. The number of hydrogen-bond acceptors (Lipinski definition) is 9. The fourth-order valence-corrected chi connectivity index (χ4v) is 6.63. The van der Waals surface area contributed by atoms with Gasteiger partial charge in [-0.2, -0.15) is 22.9 Å². The molecule has 14 nitrogen and oxygen atoms in total. The molecule has 1 saturated heterocycles. The van der Waals surface area contributed by atoms with E-state index in [0.717, 1.165) is 43.3 Å². The summed E-state index contributed by atoms with van der Waals surface area (Å²) in [4.78, 5) is 45.4. The predicted molar refractivity (Wildman–Crippen MR) is 163 cm³/mol. The highest BCUT2D eigenvalue weighted by Gasteiger charge is 2.40. The van der Waals surface area contributed by atoms with Crippen LogP contribution in [0.4, 0.5) is 13.2 Å². The molecule has 0 saturated carbocycles. The highest BCUT2D eigenvalue weighted by Crippen LogP contribution is 2.33. The number of aryl methyl sites for hydroxylation is 1. The number of carbonyl (C=O) groups excluding carboxylic acids is 3. The van der Waals surface area contributed by atoms with Gasteiger partial charge in [0.05, 0.1) is 32.4 Å². The smallest absolute Gasteiger partial charge is 0.343 e. The molecule has 1 N–H and O–H groups in total. The van der Waals surface area contributed by atoms with Crippen LogP contribution in [0.3, 0.4) is 0 Å². The Morgan fingerprint density at radius 2 is 1.65 bits per heavy atom. The summed E-state index contributed by atoms with van der Waals surface area (Å²) in [6.07, 6.45) is -3.93. The summed E-state index contributed by atoms with van der Waals surface area (Å²) in [5, 5.41) is 6.00. The minimum absolute atomic E-state index is 0.150. The number of alkyl halides is 3. The van der Waals surface area contributed by atoms with Gasteiger partial charge in [0.1, 0.15) is 11.1 Å². The number of sulfonamides is 1. The molecular formula is C31H26F3N7O7S. The van der Waals surface area contributed by atoms with Gasteiger partial charge in [0.25, 0.3) is 27.7 Å². The standard InChI is InChI=1S/C31H26F3N7O7S/c1-19-8-10-20(11-9-19)26-17-27(31(32,33)34)35-39(26)21-12-14-22(15-13-21)49(45,46)36-28(42)25-7-4-16-38(25)40-41(48-40)47-18-37-29(43)23-5-2-3-6-24(23)30(37)44/h2-3,5-6,8-15,17,25H,4,7,16,18H2,1H3,(H,36,42). The molecule has 49 heavy (non-hydrogen) atoms. The molecule has 0 spiro atoms. The Hall–Kier alpha value is -5.78. The van der Waals surface area contributed by atoms with Crippen LogP contribution in [0.1, 0.15) is 44.8 Å². The molecule has 0 radical (unpaired) electrons. The van der Waals surface area contributed by atoms with Crippen molar-refractivity contribution in [3.8, 4) is 16.9 Å². The number of nitrogens with zero attached hydrogens (tertiary/aromatic N) is 6. The quantitative estimate of drug-likeness (QED) is 0.229. The Morgan fingerprint density at radius 1 is 1.00 bits per heavy atom. The van der Waals surface area contributed by atoms with Crippen molar-refractivity contribution in [2.45, 2.75) is 36.9 Å². The number of hydrogen-bond donors (Lipinski definition) is 1. The van der Waals surface area contributed by atoms with Gasteiger partial charge in [0, 0.05) is 12.1 Å². The van der Waals surface area contributed by atoms with E-state index in [1.807, 2.05) is 11.6 Å². The highest BCUT2D eigenvalue weighted by molar-refractivity contribution is 7.90. The summed E-state index contributed by atoms with van der Waals surface area (Å²) in [7, 11) is -4.40. The van der Waals surface area contributed by atoms with E-state index >= 15 is 0 Å². The maximum atomic E-state index is 13.6. The van der Waals surface area contributed by atoms with Crippen LogP contribution in [0.5, 0.6) is 0 Å². The topological polar surface area (TPSA) is 154 Å². The fourth-order valence-electron chi connectivity index (χ4n) is 5.62. The van der Waals surface area contributed by atoms with Gasteiger partial charge in [-0.1, -0.05) is 42.0 Å². The summed E-state index contributed by atoms with van der Waals surface area (Å²) in [5.74, 6) is -1.93. The van der Waals surface area contributed by atoms with Crippen LogP contribution in [0.2, 0.25) is 0 Å². The Bertz CT molecular complexity index is 2150. The number of amides is 3. The lowest BCUT2D eigenvalue weighted by Gasteiger charge is -2.19. The summed E-state index contributed by atoms with van der Waals surface area (Å²) < 4.78 is 75.5. The number of aromatic nitrogens is 4. The average Bonchev–Trinajstić information content (AvgIpc) is 3.37. The molecule has 1 fully saturated rings. The molecular weight excluding hydrogens is 671 g/mol. The maximum Gasteiger partial charge on any atom is 0.435 e. The molecule has 18 heteroatoms. The summed E-state index contributed by atoms with van der Waals surface area (Å²) in [5.41, 5.74) is 1.08. The van der Waals surface area contributed by atoms with Crippen molar-refractivity contribution in [2.24, 2.45) is 0 Å². The zero-order chi connectivity index (χ0) is 34.7. The second-order valence-electron chi connectivity index (χ2n) is 11.4. The maximum absolute atomic E-state index is 13.6. The van der Waals surface area contributed by atoms with Crippen molar-refractivity contribution in [2.75, 3.05) is 18.3 Å². The molecule has 7 rings (SSSR count). The lowest BCUT2D eigenvalue weighted by molar-refractivity contribution is -0.141. The largest absolute Gasteiger partial charge is 0.435 e. The Balaban J connectivity index is 1.02. The lowest BCUT2D eigenvalue weighted by Crippen LogP contribution is -2.49. The molecule has 2 aliphatic heterocycles. The Morgan fingerprint density at radius 3 is 2.29 bits per heavy atom. The average molecular weight is 698 g/mol. The van der Waals surface area contributed by atoms with Crippen LogP contribution in [0.25, 0.3) is 16.9 Å². The van der Waals surface area contributed by atoms with Crippen LogP contribution in [-0.2, 0) is 21.0 Å². The van der Waals surface area contributed by atoms with Gasteiger partial charge in [-0.3, -0.25) is 14.4 Å². The van der Waals surface area contributed by atoms with E-state index in [1.165, 1.54) is 29.3 Å². The van der Waals surface area contributed by atoms with Gasteiger partial charge in [-0.25, -0.2) is 27.7 Å². The van der Waals surface area contributed by atoms with E-state index in [2.05, 4.69) is 5.10 Å². The monoisotopic (exact) mass is 697 g/mol. The minimum Gasteiger partial charge on any atom is -0.343 e. The molecule has 254 valence electrons. The van der Waals surface area contributed by atoms with Crippen molar-refractivity contribution in [1.82, 2.24) is 29.4 Å². The van der Waals surface area contributed by atoms with E-state index < -0.39 is 52.4 Å². The number of nitrogens with one attached hydrogen (secondary N) is 1. The van der Waals surface area contributed by atoms with E-state index in [4.69, 9.17) is 9.47 Å². The van der Waals surface area contributed by atoms with Gasteiger partial charge in [0.15, 0.2) is 5.69 Å². The van der Waals surface area contributed by atoms with E-state index in [-0.39, 0.29) is 33.8 Å². The molecule has 2 aliphatic rings. The first-order valence-electron chi connectivity index (χ1n) is 14.9. The molecule has 5 aromatic rings. The lowest BCUT2D eigenvalue weighted by atomic mass is 10.1. The third kappa shape index (κ3) is 5.94. The van der Waals surface area contributed by atoms with E-state index in [9.17, 15) is 36.0 Å². The van der Waals surface area contributed by atoms with Crippen molar-refractivity contribution < 1.29 is 45.4 Å². The molecule has 1 unspecified atom stereocenters. The first-order valence-corrected chi connectivity index (χ1v) is 16.3. The molecule has 0 aliphatic carbocycles. The first-order chi connectivity index (χ1) is 23.3. The van der Waals surface area contributed by atoms with Crippen molar-refractivity contribution in [3.05, 3.63) is 101 Å². The molecule has 1 atom stereocenters. The van der Waals surface area contributed by atoms with E-state index in [0.29, 0.717) is 18.5 Å². The minimum atomic E-state index is -4.71. The number of imide groups is 1. The van der Waals surface area contributed by atoms with Gasteiger partial charge in [0.2, 0.25) is 6.73 Å². The Labute approximate surface area is 275 Å². The number of carbonyl (C=O) groups is 3. The van der Waals surface area contributed by atoms with Gasteiger partial charge in [-0.15, -0.1) is 0 Å².